The van der Waals surface area contributed by atoms with Crippen molar-refractivity contribution in [3.05, 3.63) is 64.4 Å². The van der Waals surface area contributed by atoms with Gasteiger partial charge in [-0.3, -0.25) is 9.88 Å². The van der Waals surface area contributed by atoms with Crippen molar-refractivity contribution in [1.82, 2.24) is 9.88 Å². The molecule has 2 aromatic rings. The Labute approximate surface area is 122 Å². The van der Waals surface area contributed by atoms with Crippen molar-refractivity contribution >= 4 is 15.9 Å². The average molecular weight is 320 g/mol. The molecule has 0 amide bonds. The normalized spacial score (nSPS) is 12.6. The van der Waals surface area contributed by atoms with Crippen molar-refractivity contribution in [3.63, 3.8) is 0 Å². The Morgan fingerprint density at radius 2 is 1.95 bits per heavy atom. The summed E-state index contributed by atoms with van der Waals surface area (Å²) in [7, 11) is 2.08. The first-order valence-corrected chi connectivity index (χ1v) is 7.05. The first-order chi connectivity index (χ1) is 9.20. The molecule has 0 aliphatic rings. The van der Waals surface area contributed by atoms with Gasteiger partial charge in [0.1, 0.15) is 0 Å². The van der Waals surface area contributed by atoms with E-state index < -0.39 is 0 Å². The number of aromatic nitrogens is 1. The fourth-order valence-electron chi connectivity index (χ4n) is 2.11. The predicted molar refractivity (Wildman–Crippen MR) is 81.6 cm³/mol. The maximum atomic E-state index is 5.92. The van der Waals surface area contributed by atoms with Gasteiger partial charge in [-0.2, -0.15) is 0 Å². The van der Waals surface area contributed by atoms with Crippen molar-refractivity contribution in [1.29, 1.82) is 0 Å². The van der Waals surface area contributed by atoms with Crippen LogP contribution in [0.25, 0.3) is 0 Å². The first-order valence-electron chi connectivity index (χ1n) is 6.26. The zero-order chi connectivity index (χ0) is 13.7. The van der Waals surface area contributed by atoms with Crippen molar-refractivity contribution < 1.29 is 0 Å². The Balaban J connectivity index is 2.11. The van der Waals surface area contributed by atoms with E-state index in [2.05, 4.69) is 45.0 Å². The van der Waals surface area contributed by atoms with Crippen LogP contribution in [0.1, 0.15) is 17.3 Å². The standard InChI is InChI=1S/C15H18BrN3/c1-19(11-14-4-2-3-9-18-14)15(10-17)12-5-7-13(16)8-6-12/h2-9,15H,10-11,17H2,1H3. The van der Waals surface area contributed by atoms with Gasteiger partial charge >= 0.3 is 0 Å². The maximum absolute atomic E-state index is 5.92. The van der Waals surface area contributed by atoms with E-state index in [9.17, 15) is 0 Å². The van der Waals surface area contributed by atoms with Gasteiger partial charge < -0.3 is 5.73 Å². The van der Waals surface area contributed by atoms with Gasteiger partial charge in [-0.15, -0.1) is 0 Å². The molecule has 4 heteroatoms. The molecule has 1 unspecified atom stereocenters. The van der Waals surface area contributed by atoms with Gasteiger partial charge in [-0.1, -0.05) is 34.1 Å². The SMILES string of the molecule is CN(Cc1ccccn1)C(CN)c1ccc(Br)cc1. The lowest BCUT2D eigenvalue weighted by Crippen LogP contribution is -2.30. The minimum absolute atomic E-state index is 0.204. The van der Waals surface area contributed by atoms with Gasteiger partial charge in [-0.05, 0) is 36.9 Å². The van der Waals surface area contributed by atoms with E-state index in [-0.39, 0.29) is 6.04 Å². The van der Waals surface area contributed by atoms with Crippen LogP contribution in [-0.2, 0) is 6.54 Å². The van der Waals surface area contributed by atoms with E-state index in [0.717, 1.165) is 16.7 Å². The summed E-state index contributed by atoms with van der Waals surface area (Å²) in [6, 6.07) is 14.5. The molecule has 3 nitrogen and oxygen atoms in total. The van der Waals surface area contributed by atoms with Crippen molar-refractivity contribution in [3.8, 4) is 0 Å². The summed E-state index contributed by atoms with van der Waals surface area (Å²) in [5.74, 6) is 0. The molecule has 1 heterocycles. The second kappa shape index (κ2) is 6.80. The fourth-order valence-corrected chi connectivity index (χ4v) is 2.38. The Hall–Kier alpha value is -1.23. The molecule has 0 saturated heterocycles. The van der Waals surface area contributed by atoms with Crippen LogP contribution in [0.15, 0.2) is 53.1 Å². The van der Waals surface area contributed by atoms with E-state index in [1.54, 1.807) is 0 Å². The van der Waals surface area contributed by atoms with Crippen LogP contribution in [0.5, 0.6) is 0 Å². The number of hydrogen-bond donors (Lipinski definition) is 1. The second-order valence-electron chi connectivity index (χ2n) is 4.54. The monoisotopic (exact) mass is 319 g/mol. The Morgan fingerprint density at radius 3 is 2.53 bits per heavy atom. The van der Waals surface area contributed by atoms with Crippen LogP contribution in [0.2, 0.25) is 0 Å². The maximum Gasteiger partial charge on any atom is 0.0544 e. The van der Waals surface area contributed by atoms with Crippen molar-refractivity contribution in [2.45, 2.75) is 12.6 Å². The largest absolute Gasteiger partial charge is 0.329 e. The third kappa shape index (κ3) is 3.86. The van der Waals surface area contributed by atoms with E-state index >= 15 is 0 Å². The minimum Gasteiger partial charge on any atom is -0.329 e. The Morgan fingerprint density at radius 1 is 1.21 bits per heavy atom. The molecular formula is C15H18BrN3. The lowest BCUT2D eigenvalue weighted by Gasteiger charge is -2.27. The van der Waals surface area contributed by atoms with E-state index in [4.69, 9.17) is 5.73 Å². The van der Waals surface area contributed by atoms with Gasteiger partial charge in [0.2, 0.25) is 0 Å². The molecule has 1 aromatic carbocycles. The topological polar surface area (TPSA) is 42.2 Å². The van der Waals surface area contributed by atoms with Crippen LogP contribution >= 0.6 is 15.9 Å². The van der Waals surface area contributed by atoms with Crippen LogP contribution in [0.3, 0.4) is 0 Å². The number of nitrogens with zero attached hydrogens (tertiary/aromatic N) is 2. The summed E-state index contributed by atoms with van der Waals surface area (Å²) < 4.78 is 1.08. The van der Waals surface area contributed by atoms with Gasteiger partial charge in [-0.25, -0.2) is 0 Å². The number of pyridine rings is 1. The third-order valence-corrected chi connectivity index (χ3v) is 3.68. The lowest BCUT2D eigenvalue weighted by molar-refractivity contribution is 0.239. The number of nitrogens with two attached hydrogens (primary N) is 1. The zero-order valence-corrected chi connectivity index (χ0v) is 12.5. The zero-order valence-electron chi connectivity index (χ0n) is 11.0. The second-order valence-corrected chi connectivity index (χ2v) is 5.45. The summed E-state index contributed by atoms with van der Waals surface area (Å²) in [4.78, 5) is 6.58. The molecule has 0 saturated carbocycles. The highest BCUT2D eigenvalue weighted by molar-refractivity contribution is 9.10. The molecule has 0 aliphatic carbocycles. The van der Waals surface area contributed by atoms with Gasteiger partial charge in [0.15, 0.2) is 0 Å². The van der Waals surface area contributed by atoms with Gasteiger partial charge in [0.25, 0.3) is 0 Å². The number of rotatable bonds is 5. The summed E-state index contributed by atoms with van der Waals surface area (Å²) in [6.07, 6.45) is 1.82. The lowest BCUT2D eigenvalue weighted by atomic mass is 10.1. The molecule has 0 aliphatic heterocycles. The summed E-state index contributed by atoms with van der Waals surface area (Å²) in [5.41, 5.74) is 8.21. The molecule has 0 bridgehead atoms. The molecule has 0 fully saturated rings. The Bertz CT molecular complexity index is 499. The third-order valence-electron chi connectivity index (χ3n) is 3.15. The molecule has 0 radical (unpaired) electrons. The summed E-state index contributed by atoms with van der Waals surface area (Å²) >= 11 is 3.45. The van der Waals surface area contributed by atoms with Crippen LogP contribution in [0, 0.1) is 0 Å². The smallest absolute Gasteiger partial charge is 0.0544 e. The molecule has 1 atom stereocenters. The summed E-state index contributed by atoms with van der Waals surface area (Å²) in [5, 5.41) is 0. The number of likely N-dealkylation sites (N-methyl/N-ethyl adjacent to an activating group) is 1. The quantitative estimate of drug-likeness (QED) is 0.921. The highest BCUT2D eigenvalue weighted by Gasteiger charge is 2.15. The van der Waals surface area contributed by atoms with E-state index in [1.165, 1.54) is 5.56 Å². The number of hydrogen-bond acceptors (Lipinski definition) is 3. The average Bonchev–Trinajstić information content (AvgIpc) is 2.43. The fraction of sp³-hybridized carbons (Fsp3) is 0.267. The van der Waals surface area contributed by atoms with Gasteiger partial charge in [0, 0.05) is 29.8 Å². The molecule has 100 valence electrons. The molecule has 19 heavy (non-hydrogen) atoms. The summed E-state index contributed by atoms with van der Waals surface area (Å²) in [6.45, 7) is 1.38. The predicted octanol–water partition coefficient (Wildman–Crippen LogP) is 2.98. The van der Waals surface area contributed by atoms with Crippen LogP contribution in [0.4, 0.5) is 0 Å². The minimum atomic E-state index is 0.204. The first kappa shape index (κ1) is 14.2. The molecule has 2 rings (SSSR count). The van der Waals surface area contributed by atoms with Gasteiger partial charge in [0.05, 0.1) is 5.69 Å². The molecular weight excluding hydrogens is 302 g/mol. The van der Waals surface area contributed by atoms with Crippen molar-refractivity contribution in [2.24, 2.45) is 5.73 Å². The molecule has 2 N–H and O–H groups in total. The number of benzene rings is 1. The van der Waals surface area contributed by atoms with E-state index in [1.807, 2.05) is 36.5 Å². The number of halogens is 1. The van der Waals surface area contributed by atoms with Crippen LogP contribution < -0.4 is 5.73 Å². The highest BCUT2D eigenvalue weighted by atomic mass is 79.9. The Kier molecular flexibility index (Phi) is 5.07. The van der Waals surface area contributed by atoms with Crippen molar-refractivity contribution in [2.75, 3.05) is 13.6 Å². The van der Waals surface area contributed by atoms with E-state index in [0.29, 0.717) is 6.54 Å². The highest BCUT2D eigenvalue weighted by Crippen LogP contribution is 2.21. The molecule has 1 aromatic heterocycles. The van der Waals surface area contributed by atoms with Crippen LogP contribution in [-0.4, -0.2) is 23.5 Å². The molecule has 0 spiro atoms.